The fourth-order valence-electron chi connectivity index (χ4n) is 3.17. The molecule has 1 heterocycles. The lowest BCUT2D eigenvalue weighted by Gasteiger charge is -2.46. The first-order chi connectivity index (χ1) is 8.63. The Labute approximate surface area is 110 Å². The SMILES string of the molecule is CC1CC(N)C(CN)C(C)N1Cc1ccccc1. The molecule has 2 rings (SSSR count). The van der Waals surface area contributed by atoms with Gasteiger partial charge in [-0.1, -0.05) is 30.3 Å². The molecule has 1 fully saturated rings. The first-order valence-electron chi connectivity index (χ1n) is 6.88. The van der Waals surface area contributed by atoms with Crippen LogP contribution < -0.4 is 11.5 Å². The number of nitrogens with zero attached hydrogens (tertiary/aromatic N) is 1. The molecule has 0 amide bonds. The van der Waals surface area contributed by atoms with Gasteiger partial charge in [0.25, 0.3) is 0 Å². The molecule has 1 aromatic rings. The Balaban J connectivity index is 2.11. The monoisotopic (exact) mass is 247 g/mol. The Kier molecular flexibility index (Phi) is 4.38. The van der Waals surface area contributed by atoms with E-state index < -0.39 is 0 Å². The molecule has 4 unspecified atom stereocenters. The summed E-state index contributed by atoms with van der Waals surface area (Å²) in [7, 11) is 0. The van der Waals surface area contributed by atoms with Gasteiger partial charge >= 0.3 is 0 Å². The van der Waals surface area contributed by atoms with Crippen molar-refractivity contribution in [2.24, 2.45) is 17.4 Å². The van der Waals surface area contributed by atoms with E-state index in [9.17, 15) is 0 Å². The summed E-state index contributed by atoms with van der Waals surface area (Å²) in [6.45, 7) is 6.20. The first kappa shape index (κ1) is 13.5. The molecule has 0 aliphatic carbocycles. The zero-order chi connectivity index (χ0) is 13.1. The third-order valence-corrected chi connectivity index (χ3v) is 4.35. The molecule has 1 saturated heterocycles. The summed E-state index contributed by atoms with van der Waals surface area (Å²) in [6, 6.07) is 11.8. The molecular formula is C15H25N3. The second kappa shape index (κ2) is 5.83. The Morgan fingerprint density at radius 2 is 1.89 bits per heavy atom. The van der Waals surface area contributed by atoms with E-state index in [1.807, 2.05) is 0 Å². The zero-order valence-electron chi connectivity index (χ0n) is 11.4. The van der Waals surface area contributed by atoms with Gasteiger partial charge in [-0.25, -0.2) is 0 Å². The lowest BCUT2D eigenvalue weighted by atomic mass is 9.82. The van der Waals surface area contributed by atoms with Crippen molar-refractivity contribution in [1.29, 1.82) is 0 Å². The predicted octanol–water partition coefficient (Wildman–Crippen LogP) is 1.57. The van der Waals surface area contributed by atoms with Crippen LogP contribution in [0.3, 0.4) is 0 Å². The van der Waals surface area contributed by atoms with Crippen molar-refractivity contribution in [3.05, 3.63) is 35.9 Å². The van der Waals surface area contributed by atoms with E-state index in [-0.39, 0.29) is 6.04 Å². The molecule has 18 heavy (non-hydrogen) atoms. The maximum Gasteiger partial charge on any atom is 0.0239 e. The second-order valence-electron chi connectivity index (χ2n) is 5.55. The lowest BCUT2D eigenvalue weighted by Crippen LogP contribution is -2.58. The maximum absolute atomic E-state index is 6.22. The van der Waals surface area contributed by atoms with E-state index in [2.05, 4.69) is 49.1 Å². The minimum absolute atomic E-state index is 0.243. The molecule has 0 spiro atoms. The smallest absolute Gasteiger partial charge is 0.0239 e. The minimum Gasteiger partial charge on any atom is -0.330 e. The predicted molar refractivity (Wildman–Crippen MR) is 76.0 cm³/mol. The second-order valence-corrected chi connectivity index (χ2v) is 5.55. The van der Waals surface area contributed by atoms with Crippen LogP contribution >= 0.6 is 0 Å². The van der Waals surface area contributed by atoms with Gasteiger partial charge in [0.05, 0.1) is 0 Å². The molecule has 100 valence electrons. The fraction of sp³-hybridized carbons (Fsp3) is 0.600. The minimum atomic E-state index is 0.243. The molecule has 0 saturated carbocycles. The van der Waals surface area contributed by atoms with Crippen LogP contribution in [-0.2, 0) is 6.54 Å². The number of hydrogen-bond donors (Lipinski definition) is 2. The van der Waals surface area contributed by atoms with E-state index in [0.29, 0.717) is 24.5 Å². The van der Waals surface area contributed by atoms with E-state index in [0.717, 1.165) is 13.0 Å². The largest absolute Gasteiger partial charge is 0.330 e. The normalized spacial score (nSPS) is 33.6. The van der Waals surface area contributed by atoms with Crippen LogP contribution in [0.2, 0.25) is 0 Å². The van der Waals surface area contributed by atoms with Crippen LogP contribution in [0.4, 0.5) is 0 Å². The third-order valence-electron chi connectivity index (χ3n) is 4.35. The van der Waals surface area contributed by atoms with Crippen LogP contribution in [0.1, 0.15) is 25.8 Å². The van der Waals surface area contributed by atoms with Gasteiger partial charge in [-0.3, -0.25) is 4.90 Å². The number of likely N-dealkylation sites (tertiary alicyclic amines) is 1. The molecule has 4 N–H and O–H groups in total. The average Bonchev–Trinajstić information content (AvgIpc) is 2.36. The molecule has 3 heteroatoms. The van der Waals surface area contributed by atoms with Crippen molar-refractivity contribution >= 4 is 0 Å². The van der Waals surface area contributed by atoms with Gasteiger partial charge in [-0.15, -0.1) is 0 Å². The standard InChI is InChI=1S/C15H25N3/c1-11-8-15(17)14(9-16)12(2)18(11)10-13-6-4-3-5-7-13/h3-7,11-12,14-15H,8-10,16-17H2,1-2H3. The Morgan fingerprint density at radius 3 is 2.50 bits per heavy atom. The van der Waals surface area contributed by atoms with Gasteiger partial charge in [0.2, 0.25) is 0 Å². The number of piperidine rings is 1. The summed E-state index contributed by atoms with van der Waals surface area (Å²) in [4.78, 5) is 2.54. The van der Waals surface area contributed by atoms with E-state index in [4.69, 9.17) is 11.5 Å². The van der Waals surface area contributed by atoms with Crippen molar-refractivity contribution in [3.8, 4) is 0 Å². The first-order valence-corrected chi connectivity index (χ1v) is 6.88. The highest BCUT2D eigenvalue weighted by molar-refractivity contribution is 5.15. The fourth-order valence-corrected chi connectivity index (χ4v) is 3.17. The van der Waals surface area contributed by atoms with Gasteiger partial charge in [0.15, 0.2) is 0 Å². The summed E-state index contributed by atoms with van der Waals surface area (Å²) in [5.74, 6) is 0.407. The van der Waals surface area contributed by atoms with Crippen LogP contribution in [0, 0.1) is 5.92 Å². The average molecular weight is 247 g/mol. The molecular weight excluding hydrogens is 222 g/mol. The highest BCUT2D eigenvalue weighted by Crippen LogP contribution is 2.28. The highest BCUT2D eigenvalue weighted by atomic mass is 15.2. The van der Waals surface area contributed by atoms with Crippen LogP contribution in [0.5, 0.6) is 0 Å². The number of hydrogen-bond acceptors (Lipinski definition) is 3. The van der Waals surface area contributed by atoms with Crippen molar-refractivity contribution in [3.63, 3.8) is 0 Å². The molecule has 1 aliphatic rings. The molecule has 0 bridgehead atoms. The molecule has 0 radical (unpaired) electrons. The maximum atomic E-state index is 6.22. The van der Waals surface area contributed by atoms with Crippen molar-refractivity contribution in [2.75, 3.05) is 6.54 Å². The van der Waals surface area contributed by atoms with Crippen LogP contribution in [0.15, 0.2) is 30.3 Å². The van der Waals surface area contributed by atoms with E-state index in [1.54, 1.807) is 0 Å². The topological polar surface area (TPSA) is 55.3 Å². The lowest BCUT2D eigenvalue weighted by molar-refractivity contribution is 0.0400. The summed E-state index contributed by atoms with van der Waals surface area (Å²) in [6.07, 6.45) is 1.04. The highest BCUT2D eigenvalue weighted by Gasteiger charge is 2.36. The summed E-state index contributed by atoms with van der Waals surface area (Å²) in [5, 5.41) is 0. The number of nitrogens with two attached hydrogens (primary N) is 2. The van der Waals surface area contributed by atoms with Gasteiger partial charge in [0.1, 0.15) is 0 Å². The molecule has 3 nitrogen and oxygen atoms in total. The van der Waals surface area contributed by atoms with Crippen molar-refractivity contribution in [2.45, 2.75) is 44.9 Å². The number of benzene rings is 1. The van der Waals surface area contributed by atoms with Crippen molar-refractivity contribution in [1.82, 2.24) is 4.90 Å². The molecule has 4 atom stereocenters. The Bertz CT molecular complexity index is 365. The number of rotatable bonds is 3. The molecule has 0 aromatic heterocycles. The third kappa shape index (κ3) is 2.74. The van der Waals surface area contributed by atoms with E-state index in [1.165, 1.54) is 5.56 Å². The summed E-state index contributed by atoms with van der Waals surface area (Å²) in [5.41, 5.74) is 13.5. The van der Waals surface area contributed by atoms with Gasteiger partial charge in [-0.2, -0.15) is 0 Å². The van der Waals surface area contributed by atoms with Gasteiger partial charge in [-0.05, 0) is 32.4 Å². The van der Waals surface area contributed by atoms with Crippen LogP contribution in [-0.4, -0.2) is 29.6 Å². The summed E-state index contributed by atoms with van der Waals surface area (Å²) >= 11 is 0. The van der Waals surface area contributed by atoms with Gasteiger partial charge < -0.3 is 11.5 Å². The van der Waals surface area contributed by atoms with Crippen molar-refractivity contribution < 1.29 is 0 Å². The quantitative estimate of drug-likeness (QED) is 0.852. The molecule has 1 aromatic carbocycles. The Morgan fingerprint density at radius 1 is 1.22 bits per heavy atom. The summed E-state index contributed by atoms with van der Waals surface area (Å²) < 4.78 is 0. The van der Waals surface area contributed by atoms with E-state index >= 15 is 0 Å². The Hall–Kier alpha value is -0.900. The van der Waals surface area contributed by atoms with Crippen LogP contribution in [0.25, 0.3) is 0 Å². The zero-order valence-corrected chi connectivity index (χ0v) is 11.4. The molecule has 1 aliphatic heterocycles. The van der Waals surface area contributed by atoms with Gasteiger partial charge in [0, 0.05) is 30.6 Å².